The topological polar surface area (TPSA) is 87.2 Å². The fourth-order valence-corrected chi connectivity index (χ4v) is 5.31. The van der Waals surface area contributed by atoms with Crippen molar-refractivity contribution in [2.45, 2.75) is 26.0 Å². The van der Waals surface area contributed by atoms with Crippen LogP contribution in [0.4, 0.5) is 0 Å². The minimum atomic E-state index is -0.622. The molecular formula is C29H32N4O4S. The number of piperazine rings is 1. The first kappa shape index (κ1) is 26.1. The zero-order chi connectivity index (χ0) is 26.5. The summed E-state index contributed by atoms with van der Waals surface area (Å²) < 4.78 is 12.8. The Morgan fingerprint density at radius 2 is 1.82 bits per heavy atom. The number of thiazole rings is 1. The molecule has 0 radical (unpaired) electrons. The molecule has 1 fully saturated rings. The minimum Gasteiger partial charge on any atom is -0.491 e. The number of rotatable bonds is 9. The molecule has 198 valence electrons. The summed E-state index contributed by atoms with van der Waals surface area (Å²) in [6.07, 6.45) is -0.622. The summed E-state index contributed by atoms with van der Waals surface area (Å²) in [7, 11) is 0. The zero-order valence-electron chi connectivity index (χ0n) is 21.5. The van der Waals surface area contributed by atoms with E-state index in [4.69, 9.17) is 9.47 Å². The molecule has 4 aromatic rings. The first-order valence-corrected chi connectivity index (χ1v) is 13.6. The van der Waals surface area contributed by atoms with Gasteiger partial charge in [-0.15, -0.1) is 11.3 Å². The average molecular weight is 533 g/mol. The van der Waals surface area contributed by atoms with E-state index in [1.54, 1.807) is 35.6 Å². The summed E-state index contributed by atoms with van der Waals surface area (Å²) in [5.41, 5.74) is 4.49. The molecule has 0 saturated carbocycles. The highest BCUT2D eigenvalue weighted by Gasteiger charge is 2.26. The van der Waals surface area contributed by atoms with E-state index in [2.05, 4.69) is 22.2 Å². The van der Waals surface area contributed by atoms with Crippen LogP contribution in [0.15, 0.2) is 72.8 Å². The maximum absolute atomic E-state index is 12.8. The predicted molar refractivity (Wildman–Crippen MR) is 149 cm³/mol. The monoisotopic (exact) mass is 532 g/mol. The minimum absolute atomic E-state index is 0.155. The molecule has 0 aliphatic carbocycles. The number of amides is 1. The van der Waals surface area contributed by atoms with Gasteiger partial charge in [-0.1, -0.05) is 18.2 Å². The molecule has 1 aliphatic heterocycles. The molecule has 0 spiro atoms. The number of ether oxygens (including phenoxy) is 2. The number of hydrazine groups is 1. The number of benzene rings is 3. The summed E-state index contributed by atoms with van der Waals surface area (Å²) in [5, 5.41) is 13.6. The molecule has 8 nitrogen and oxygen atoms in total. The number of aliphatic hydroxyl groups excluding tert-OH is 1. The van der Waals surface area contributed by atoms with E-state index >= 15 is 0 Å². The molecule has 0 unspecified atom stereocenters. The van der Waals surface area contributed by atoms with Gasteiger partial charge in [-0.3, -0.25) is 15.1 Å². The van der Waals surface area contributed by atoms with Crippen LogP contribution in [0.1, 0.15) is 22.3 Å². The smallest absolute Gasteiger partial charge is 0.265 e. The second kappa shape index (κ2) is 11.9. The molecule has 38 heavy (non-hydrogen) atoms. The standard InChI is InChI=1S/C29H32N4O4S/c1-20-17-33(31-29(35)22-8-10-25(11-9-22)37-24-6-4-3-5-7-24)15-14-32(20)18-23(34)19-36-26-12-13-28-27(16-26)30-21(2)38-28/h3-13,16,20,23,34H,14-15,17-19H2,1-2H3,(H,31,35)/t20-,23+/m0/s1. The first-order chi connectivity index (χ1) is 18.4. The van der Waals surface area contributed by atoms with E-state index in [0.717, 1.165) is 27.5 Å². The number of carbonyl (C=O) groups is 1. The third-order valence-electron chi connectivity index (χ3n) is 6.47. The van der Waals surface area contributed by atoms with Gasteiger partial charge in [-0.05, 0) is 62.4 Å². The number of hydrogen-bond donors (Lipinski definition) is 2. The molecular weight excluding hydrogens is 500 g/mol. The number of carbonyl (C=O) groups excluding carboxylic acids is 1. The summed E-state index contributed by atoms with van der Waals surface area (Å²) in [4.78, 5) is 19.5. The van der Waals surface area contributed by atoms with Gasteiger partial charge in [0.2, 0.25) is 0 Å². The van der Waals surface area contributed by atoms with E-state index in [9.17, 15) is 9.90 Å². The van der Waals surface area contributed by atoms with Crippen molar-refractivity contribution in [3.05, 3.63) is 83.4 Å². The van der Waals surface area contributed by atoms with Crippen molar-refractivity contribution in [3.63, 3.8) is 0 Å². The van der Waals surface area contributed by atoms with Crippen LogP contribution in [0.25, 0.3) is 10.2 Å². The third-order valence-corrected chi connectivity index (χ3v) is 7.43. The van der Waals surface area contributed by atoms with Crippen molar-refractivity contribution in [1.29, 1.82) is 0 Å². The summed E-state index contributed by atoms with van der Waals surface area (Å²) in [6.45, 7) is 6.85. The molecule has 1 aromatic heterocycles. The van der Waals surface area contributed by atoms with Gasteiger partial charge in [-0.25, -0.2) is 9.99 Å². The van der Waals surface area contributed by atoms with E-state index in [1.165, 1.54) is 0 Å². The quantitative estimate of drug-likeness (QED) is 0.329. The van der Waals surface area contributed by atoms with Crippen molar-refractivity contribution in [2.24, 2.45) is 0 Å². The molecule has 3 aromatic carbocycles. The molecule has 1 aliphatic rings. The maximum atomic E-state index is 12.8. The van der Waals surface area contributed by atoms with E-state index in [1.807, 2.05) is 60.5 Å². The lowest BCUT2D eigenvalue weighted by atomic mass is 10.2. The molecule has 0 bridgehead atoms. The maximum Gasteiger partial charge on any atom is 0.265 e. The molecule has 2 heterocycles. The fourth-order valence-electron chi connectivity index (χ4n) is 4.50. The number of β-amino-alcohol motifs (C(OH)–C–C–N with tert-alkyl or cyclic N) is 1. The number of hydrogen-bond acceptors (Lipinski definition) is 8. The number of nitrogens with one attached hydrogen (secondary N) is 1. The second-order valence-corrected chi connectivity index (χ2v) is 10.7. The largest absolute Gasteiger partial charge is 0.491 e. The lowest BCUT2D eigenvalue weighted by Crippen LogP contribution is -2.58. The summed E-state index contributed by atoms with van der Waals surface area (Å²) in [6, 6.07) is 22.6. The van der Waals surface area contributed by atoms with Crippen molar-refractivity contribution < 1.29 is 19.4 Å². The molecule has 2 atom stereocenters. The number of fused-ring (bicyclic) bond motifs is 1. The summed E-state index contributed by atoms with van der Waals surface area (Å²) >= 11 is 1.65. The van der Waals surface area contributed by atoms with Crippen LogP contribution in [0.2, 0.25) is 0 Å². The number of nitrogens with zero attached hydrogens (tertiary/aromatic N) is 3. The third kappa shape index (κ3) is 6.68. The van der Waals surface area contributed by atoms with E-state index in [-0.39, 0.29) is 18.6 Å². The molecule has 1 saturated heterocycles. The van der Waals surface area contributed by atoms with Crippen molar-refractivity contribution in [1.82, 2.24) is 20.3 Å². The Labute approximate surface area is 226 Å². The predicted octanol–water partition coefficient (Wildman–Crippen LogP) is 4.49. The van der Waals surface area contributed by atoms with Crippen LogP contribution in [-0.2, 0) is 0 Å². The fraction of sp³-hybridized carbons (Fsp3) is 0.310. The van der Waals surface area contributed by atoms with Crippen molar-refractivity contribution in [3.8, 4) is 17.2 Å². The van der Waals surface area contributed by atoms with Gasteiger partial charge in [0, 0.05) is 43.9 Å². The highest BCUT2D eigenvalue weighted by atomic mass is 32.1. The SMILES string of the molecule is Cc1nc2cc(OC[C@H](O)CN3CCN(NC(=O)c4ccc(Oc5ccccc5)cc4)C[C@@H]3C)ccc2s1. The number of para-hydroxylation sites is 1. The zero-order valence-corrected chi connectivity index (χ0v) is 22.4. The van der Waals surface area contributed by atoms with Crippen LogP contribution >= 0.6 is 11.3 Å². The van der Waals surface area contributed by atoms with Crippen LogP contribution < -0.4 is 14.9 Å². The average Bonchev–Trinajstić information content (AvgIpc) is 3.29. The Bertz CT molecular complexity index is 1360. The molecule has 5 rings (SSSR count). The molecule has 2 N–H and O–H groups in total. The number of aliphatic hydroxyl groups is 1. The molecule has 1 amide bonds. The van der Waals surface area contributed by atoms with Crippen LogP contribution in [0.5, 0.6) is 17.2 Å². The van der Waals surface area contributed by atoms with Gasteiger partial charge in [0.05, 0.1) is 15.2 Å². The Morgan fingerprint density at radius 1 is 1.08 bits per heavy atom. The van der Waals surface area contributed by atoms with E-state index < -0.39 is 6.10 Å². The summed E-state index contributed by atoms with van der Waals surface area (Å²) in [5.74, 6) is 1.98. The van der Waals surface area contributed by atoms with Gasteiger partial charge >= 0.3 is 0 Å². The first-order valence-electron chi connectivity index (χ1n) is 12.7. The number of aryl methyl sites for hydroxylation is 1. The van der Waals surface area contributed by atoms with Crippen molar-refractivity contribution in [2.75, 3.05) is 32.8 Å². The van der Waals surface area contributed by atoms with Gasteiger partial charge in [0.1, 0.15) is 30.0 Å². The van der Waals surface area contributed by atoms with Crippen LogP contribution in [-0.4, -0.2) is 70.8 Å². The van der Waals surface area contributed by atoms with Gasteiger partial charge in [0.15, 0.2) is 0 Å². The normalized spacial score (nSPS) is 17.3. The van der Waals surface area contributed by atoms with Gasteiger partial charge < -0.3 is 14.6 Å². The van der Waals surface area contributed by atoms with Gasteiger partial charge in [-0.2, -0.15) is 0 Å². The highest BCUT2D eigenvalue weighted by molar-refractivity contribution is 7.18. The second-order valence-electron chi connectivity index (χ2n) is 9.50. The lowest BCUT2D eigenvalue weighted by molar-refractivity contribution is 0.00755. The Hall–Kier alpha value is -3.50. The number of aromatic nitrogens is 1. The highest BCUT2D eigenvalue weighted by Crippen LogP contribution is 2.26. The molecule has 9 heteroatoms. The lowest BCUT2D eigenvalue weighted by Gasteiger charge is -2.40. The Morgan fingerprint density at radius 3 is 2.58 bits per heavy atom. The van der Waals surface area contributed by atoms with Crippen LogP contribution in [0.3, 0.4) is 0 Å². The Kier molecular flexibility index (Phi) is 8.19. The van der Waals surface area contributed by atoms with E-state index in [0.29, 0.717) is 36.7 Å². The van der Waals surface area contributed by atoms with Crippen LogP contribution in [0, 0.1) is 6.92 Å². The van der Waals surface area contributed by atoms with Crippen molar-refractivity contribution >= 4 is 27.5 Å². The Balaban J connectivity index is 1.06. The van der Waals surface area contributed by atoms with Gasteiger partial charge in [0.25, 0.3) is 5.91 Å².